The average Bonchev–Trinajstić information content (AvgIpc) is 2.45. The maximum atomic E-state index is 14.1. The van der Waals surface area contributed by atoms with Gasteiger partial charge in [-0.3, -0.25) is 9.97 Å². The largest absolute Gasteiger partial charge is 0.305 e. The summed E-state index contributed by atoms with van der Waals surface area (Å²) in [6.45, 7) is 2.81. The minimum atomic E-state index is -0.413. The summed E-state index contributed by atoms with van der Waals surface area (Å²) in [5, 5.41) is 3.38. The molecule has 0 aliphatic carbocycles. The molecule has 1 heterocycles. The topological polar surface area (TPSA) is 37.8 Å². The Labute approximate surface area is 116 Å². The molecule has 0 aliphatic heterocycles. The third-order valence-corrected chi connectivity index (χ3v) is 3.06. The molecule has 0 radical (unpaired) electrons. The zero-order valence-corrected chi connectivity index (χ0v) is 11.4. The van der Waals surface area contributed by atoms with Crippen molar-refractivity contribution < 1.29 is 4.39 Å². The summed E-state index contributed by atoms with van der Waals surface area (Å²) < 4.78 is 14.1. The number of hydrogen-bond donors (Lipinski definition) is 1. The van der Waals surface area contributed by atoms with E-state index in [9.17, 15) is 4.39 Å². The van der Waals surface area contributed by atoms with Crippen LogP contribution >= 0.6 is 11.6 Å². The standard InChI is InChI=1S/C14H15ClFN3/c1-2-6-19-14(12-9-17-7-8-18-12)10-4-3-5-11(15)13(10)16/h3-5,7-9,14,19H,2,6H2,1H3. The fourth-order valence-electron chi connectivity index (χ4n) is 1.87. The van der Waals surface area contributed by atoms with Gasteiger partial charge in [0.1, 0.15) is 5.82 Å². The normalized spacial score (nSPS) is 12.4. The zero-order valence-electron chi connectivity index (χ0n) is 10.6. The quantitative estimate of drug-likeness (QED) is 0.912. The lowest BCUT2D eigenvalue weighted by Crippen LogP contribution is -2.25. The van der Waals surface area contributed by atoms with E-state index in [-0.39, 0.29) is 11.1 Å². The second-order valence-corrected chi connectivity index (χ2v) is 4.57. The number of halogens is 2. The minimum absolute atomic E-state index is 0.115. The minimum Gasteiger partial charge on any atom is -0.305 e. The average molecular weight is 280 g/mol. The highest BCUT2D eigenvalue weighted by Crippen LogP contribution is 2.26. The molecule has 0 amide bonds. The van der Waals surface area contributed by atoms with Crippen molar-refractivity contribution in [3.63, 3.8) is 0 Å². The highest BCUT2D eigenvalue weighted by Gasteiger charge is 2.19. The molecular formula is C14H15ClFN3. The lowest BCUT2D eigenvalue weighted by molar-refractivity contribution is 0.538. The Hall–Kier alpha value is -1.52. The fourth-order valence-corrected chi connectivity index (χ4v) is 2.05. The number of benzene rings is 1. The second kappa shape index (κ2) is 6.59. The van der Waals surface area contributed by atoms with Crippen LogP contribution in [0.4, 0.5) is 4.39 Å². The third kappa shape index (κ3) is 3.28. The molecule has 1 aromatic heterocycles. The van der Waals surface area contributed by atoms with Crippen LogP contribution in [-0.4, -0.2) is 16.5 Å². The van der Waals surface area contributed by atoms with Gasteiger partial charge in [0, 0.05) is 18.0 Å². The van der Waals surface area contributed by atoms with Crippen molar-refractivity contribution in [3.8, 4) is 0 Å². The van der Waals surface area contributed by atoms with Crippen molar-refractivity contribution in [1.29, 1.82) is 0 Å². The van der Waals surface area contributed by atoms with Crippen LogP contribution in [0.3, 0.4) is 0 Å². The van der Waals surface area contributed by atoms with E-state index in [2.05, 4.69) is 22.2 Å². The van der Waals surface area contributed by atoms with Crippen molar-refractivity contribution in [3.05, 3.63) is 58.9 Å². The van der Waals surface area contributed by atoms with Gasteiger partial charge < -0.3 is 5.32 Å². The molecule has 3 nitrogen and oxygen atoms in total. The van der Waals surface area contributed by atoms with Crippen LogP contribution in [0.5, 0.6) is 0 Å². The van der Waals surface area contributed by atoms with Crippen LogP contribution < -0.4 is 5.32 Å². The Morgan fingerprint density at radius 3 is 2.89 bits per heavy atom. The third-order valence-electron chi connectivity index (χ3n) is 2.77. The molecule has 2 aromatic rings. The summed E-state index contributed by atoms with van der Waals surface area (Å²) in [7, 11) is 0. The van der Waals surface area contributed by atoms with E-state index in [0.29, 0.717) is 11.3 Å². The number of hydrogen-bond acceptors (Lipinski definition) is 3. The van der Waals surface area contributed by atoms with Gasteiger partial charge in [0.05, 0.1) is 23.0 Å². The lowest BCUT2D eigenvalue weighted by Gasteiger charge is -2.19. The maximum Gasteiger partial charge on any atom is 0.146 e. The lowest BCUT2D eigenvalue weighted by atomic mass is 10.0. The predicted molar refractivity (Wildman–Crippen MR) is 73.6 cm³/mol. The Kier molecular flexibility index (Phi) is 4.82. The molecular weight excluding hydrogens is 265 g/mol. The second-order valence-electron chi connectivity index (χ2n) is 4.16. The summed E-state index contributed by atoms with van der Waals surface area (Å²) in [5.74, 6) is -0.413. The van der Waals surface area contributed by atoms with Gasteiger partial charge in [-0.25, -0.2) is 4.39 Å². The van der Waals surface area contributed by atoms with E-state index >= 15 is 0 Å². The zero-order chi connectivity index (χ0) is 13.7. The molecule has 0 bridgehead atoms. The molecule has 5 heteroatoms. The van der Waals surface area contributed by atoms with Gasteiger partial charge in [0.2, 0.25) is 0 Å². The summed E-state index contributed by atoms with van der Waals surface area (Å²) in [5.41, 5.74) is 1.17. The molecule has 0 spiro atoms. The maximum absolute atomic E-state index is 14.1. The highest BCUT2D eigenvalue weighted by molar-refractivity contribution is 6.30. The SMILES string of the molecule is CCCNC(c1cnccn1)c1cccc(Cl)c1F. The van der Waals surface area contributed by atoms with Gasteiger partial charge in [0.15, 0.2) is 0 Å². The van der Waals surface area contributed by atoms with Crippen LogP contribution in [0.15, 0.2) is 36.8 Å². The Bertz CT molecular complexity index is 533. The molecule has 0 aliphatic rings. The van der Waals surface area contributed by atoms with Gasteiger partial charge in [-0.2, -0.15) is 0 Å². The first-order valence-corrected chi connectivity index (χ1v) is 6.55. The van der Waals surface area contributed by atoms with E-state index in [1.54, 1.807) is 30.7 Å². The molecule has 0 saturated heterocycles. The summed E-state index contributed by atoms with van der Waals surface area (Å²) >= 11 is 5.84. The van der Waals surface area contributed by atoms with Crippen LogP contribution in [0.25, 0.3) is 0 Å². The molecule has 19 heavy (non-hydrogen) atoms. The van der Waals surface area contributed by atoms with Gasteiger partial charge in [-0.05, 0) is 19.0 Å². The molecule has 1 atom stereocenters. The summed E-state index contributed by atoms with van der Waals surface area (Å²) in [6, 6.07) is 4.64. The van der Waals surface area contributed by atoms with E-state index in [1.165, 1.54) is 6.07 Å². The number of rotatable bonds is 5. The molecule has 0 saturated carbocycles. The van der Waals surface area contributed by atoms with E-state index in [4.69, 9.17) is 11.6 Å². The van der Waals surface area contributed by atoms with Crippen molar-refractivity contribution in [2.45, 2.75) is 19.4 Å². The smallest absolute Gasteiger partial charge is 0.146 e. The van der Waals surface area contributed by atoms with E-state index in [0.717, 1.165) is 13.0 Å². The van der Waals surface area contributed by atoms with E-state index in [1.807, 2.05) is 0 Å². The highest BCUT2D eigenvalue weighted by atomic mass is 35.5. The van der Waals surface area contributed by atoms with Crippen molar-refractivity contribution in [2.75, 3.05) is 6.54 Å². The van der Waals surface area contributed by atoms with Gasteiger partial charge in [0.25, 0.3) is 0 Å². The first-order valence-electron chi connectivity index (χ1n) is 6.17. The Morgan fingerprint density at radius 2 is 2.21 bits per heavy atom. The molecule has 1 aromatic carbocycles. The Morgan fingerprint density at radius 1 is 1.37 bits per heavy atom. The molecule has 1 unspecified atom stereocenters. The van der Waals surface area contributed by atoms with Crippen molar-refractivity contribution >= 4 is 11.6 Å². The first-order chi connectivity index (χ1) is 9.24. The van der Waals surface area contributed by atoms with Crippen LogP contribution in [0.2, 0.25) is 5.02 Å². The molecule has 100 valence electrons. The van der Waals surface area contributed by atoms with Gasteiger partial charge in [-0.1, -0.05) is 30.7 Å². The van der Waals surface area contributed by atoms with Crippen molar-refractivity contribution in [1.82, 2.24) is 15.3 Å². The van der Waals surface area contributed by atoms with Crippen LogP contribution in [0, 0.1) is 5.82 Å². The number of nitrogens with one attached hydrogen (secondary N) is 1. The number of nitrogens with zero attached hydrogens (tertiary/aromatic N) is 2. The van der Waals surface area contributed by atoms with E-state index < -0.39 is 5.82 Å². The van der Waals surface area contributed by atoms with Crippen LogP contribution in [0.1, 0.15) is 30.6 Å². The summed E-state index contributed by atoms with van der Waals surface area (Å²) in [6.07, 6.45) is 5.76. The Balaban J connectivity index is 2.40. The summed E-state index contributed by atoms with van der Waals surface area (Å²) in [4.78, 5) is 8.28. The van der Waals surface area contributed by atoms with Crippen LogP contribution in [-0.2, 0) is 0 Å². The van der Waals surface area contributed by atoms with Crippen molar-refractivity contribution in [2.24, 2.45) is 0 Å². The van der Waals surface area contributed by atoms with Gasteiger partial charge in [-0.15, -0.1) is 0 Å². The fraction of sp³-hybridized carbons (Fsp3) is 0.286. The molecule has 0 fully saturated rings. The molecule has 2 rings (SSSR count). The monoisotopic (exact) mass is 279 g/mol. The number of aromatic nitrogens is 2. The van der Waals surface area contributed by atoms with Gasteiger partial charge >= 0.3 is 0 Å². The molecule has 1 N–H and O–H groups in total. The first kappa shape index (κ1) is 13.9. The predicted octanol–water partition coefficient (Wildman–Crippen LogP) is 3.36.